The fourth-order valence-electron chi connectivity index (χ4n) is 2.35. The molecule has 0 aliphatic heterocycles. The molecule has 27 heavy (non-hydrogen) atoms. The topological polar surface area (TPSA) is 139 Å². The number of ether oxygens (including phenoxy) is 3. The van der Waals surface area contributed by atoms with Crippen molar-refractivity contribution in [1.82, 2.24) is 15.0 Å². The molecule has 0 radical (unpaired) electrons. The van der Waals surface area contributed by atoms with Crippen LogP contribution >= 0.6 is 11.6 Å². The van der Waals surface area contributed by atoms with Crippen molar-refractivity contribution in [2.45, 2.75) is 25.5 Å². The Morgan fingerprint density at radius 3 is 2.30 bits per heavy atom. The Balaban J connectivity index is 2.56. The molecule has 0 spiro atoms. The molecule has 1 aromatic heterocycles. The first-order chi connectivity index (χ1) is 12.7. The third-order valence-electron chi connectivity index (χ3n) is 3.65. The molecule has 0 fully saturated rings. The van der Waals surface area contributed by atoms with Gasteiger partial charge in [-0.15, -0.1) is 5.10 Å². The van der Waals surface area contributed by atoms with Crippen molar-refractivity contribution in [3.8, 4) is 11.5 Å². The third-order valence-corrected chi connectivity index (χ3v) is 3.83. The van der Waals surface area contributed by atoms with Crippen LogP contribution in [0.2, 0.25) is 0 Å². The lowest BCUT2D eigenvalue weighted by molar-refractivity contribution is 0.0562. The minimum absolute atomic E-state index is 0.0177. The first-order valence-corrected chi connectivity index (χ1v) is 8.19. The van der Waals surface area contributed by atoms with Crippen molar-refractivity contribution in [2.75, 3.05) is 20.0 Å². The maximum Gasteiger partial charge on any atom is 0.506 e. The molecule has 11 heteroatoms. The summed E-state index contributed by atoms with van der Waals surface area (Å²) in [5.41, 5.74) is 5.40. The maximum atomic E-state index is 13.0. The zero-order valence-electron chi connectivity index (χ0n) is 15.1. The van der Waals surface area contributed by atoms with Gasteiger partial charge < -0.3 is 25.1 Å². The lowest BCUT2D eigenvalue weighted by Crippen LogP contribution is -2.13. The number of carboxylic acid groups (broad SMARTS) is 1. The van der Waals surface area contributed by atoms with E-state index >= 15 is 0 Å². The second-order valence-corrected chi connectivity index (χ2v) is 6.11. The molecular weight excluding hydrogens is 380 g/mol. The molecule has 0 saturated carbocycles. The molecule has 0 bridgehead atoms. The van der Waals surface area contributed by atoms with Gasteiger partial charge >= 0.3 is 6.16 Å². The van der Waals surface area contributed by atoms with Crippen molar-refractivity contribution in [3.05, 3.63) is 29.1 Å². The molecule has 0 saturated heterocycles. The Morgan fingerprint density at radius 1 is 1.19 bits per heavy atom. The number of nitrogens with zero attached hydrogens (tertiary/aromatic N) is 3. The number of aromatic nitrogens is 3. The number of anilines is 1. The van der Waals surface area contributed by atoms with Crippen molar-refractivity contribution in [3.63, 3.8) is 0 Å². The molecule has 1 aromatic carbocycles. The van der Waals surface area contributed by atoms with Gasteiger partial charge in [-0.25, -0.2) is 4.79 Å². The molecule has 10 nitrogen and oxygen atoms in total. The Labute approximate surface area is 159 Å². The van der Waals surface area contributed by atoms with Gasteiger partial charge in [0.25, 0.3) is 0 Å². The average Bonchev–Trinajstić information content (AvgIpc) is 3.06. The van der Waals surface area contributed by atoms with E-state index in [2.05, 4.69) is 10.2 Å². The Kier molecular flexibility index (Phi) is 6.11. The predicted octanol–water partition coefficient (Wildman–Crippen LogP) is 2.62. The lowest BCUT2D eigenvalue weighted by atomic mass is 10.0. The van der Waals surface area contributed by atoms with E-state index in [1.807, 2.05) is 0 Å². The van der Waals surface area contributed by atoms with E-state index in [1.54, 1.807) is 6.92 Å². The minimum atomic E-state index is -1.51. The number of benzene rings is 1. The van der Waals surface area contributed by atoms with Gasteiger partial charge in [0.15, 0.2) is 17.2 Å². The van der Waals surface area contributed by atoms with Crippen molar-refractivity contribution >= 4 is 29.2 Å². The standard InChI is InChI=1S/C16H19ClN4O6/c1-7(27-16(23)24)13-14(20-21(19-13)8(2)17)15(22)9-5-11(25-3)12(26-4)6-10(9)18/h5-8H,18H2,1-4H3,(H,23,24). The fraction of sp³-hybridized carbons (Fsp3) is 0.375. The van der Waals surface area contributed by atoms with Crippen LogP contribution in [-0.2, 0) is 4.74 Å². The summed E-state index contributed by atoms with van der Waals surface area (Å²) in [7, 11) is 2.86. The molecule has 146 valence electrons. The SMILES string of the molecule is COc1cc(N)c(C(=O)c2nn(C(C)Cl)nc2C(C)OC(=O)O)cc1OC. The van der Waals surface area contributed by atoms with Crippen LogP contribution in [0.4, 0.5) is 10.5 Å². The fourth-order valence-corrected chi connectivity index (χ4v) is 2.44. The van der Waals surface area contributed by atoms with Crippen LogP contribution in [0, 0.1) is 0 Å². The normalized spacial score (nSPS) is 12.9. The second-order valence-electron chi connectivity index (χ2n) is 5.48. The van der Waals surface area contributed by atoms with E-state index in [0.29, 0.717) is 11.5 Å². The molecule has 2 unspecified atom stereocenters. The Bertz CT molecular complexity index is 867. The van der Waals surface area contributed by atoms with Crippen molar-refractivity contribution < 1.29 is 28.9 Å². The van der Waals surface area contributed by atoms with Gasteiger partial charge in [-0.1, -0.05) is 11.6 Å². The summed E-state index contributed by atoms with van der Waals surface area (Å²) in [5.74, 6) is 0.0600. The van der Waals surface area contributed by atoms with E-state index in [4.69, 9.17) is 36.7 Å². The van der Waals surface area contributed by atoms with Gasteiger partial charge in [0.1, 0.15) is 17.3 Å². The molecule has 2 rings (SSSR count). The van der Waals surface area contributed by atoms with E-state index in [-0.39, 0.29) is 22.6 Å². The Hall–Kier alpha value is -3.01. The molecule has 0 amide bonds. The predicted molar refractivity (Wildman–Crippen MR) is 95.5 cm³/mol. The average molecular weight is 399 g/mol. The number of nitrogens with two attached hydrogens (primary N) is 1. The van der Waals surface area contributed by atoms with Crippen LogP contribution in [-0.4, -0.2) is 46.3 Å². The number of carbonyl (C=O) groups excluding carboxylic acids is 1. The number of carbonyl (C=O) groups is 2. The van der Waals surface area contributed by atoms with Crippen LogP contribution in [0.5, 0.6) is 11.5 Å². The molecule has 0 aliphatic carbocycles. The highest BCUT2D eigenvalue weighted by Crippen LogP contribution is 2.33. The Morgan fingerprint density at radius 2 is 1.78 bits per heavy atom. The van der Waals surface area contributed by atoms with E-state index in [1.165, 1.54) is 33.3 Å². The first kappa shape index (κ1) is 20.3. The highest BCUT2D eigenvalue weighted by Gasteiger charge is 2.29. The molecule has 0 aliphatic rings. The summed E-state index contributed by atoms with van der Waals surface area (Å²) in [6, 6.07) is 2.85. The summed E-state index contributed by atoms with van der Waals surface area (Å²) in [6.07, 6.45) is -2.56. The highest BCUT2D eigenvalue weighted by atomic mass is 35.5. The van der Waals surface area contributed by atoms with Gasteiger partial charge in [0.2, 0.25) is 5.78 Å². The zero-order chi connectivity index (χ0) is 20.3. The van der Waals surface area contributed by atoms with E-state index < -0.39 is 23.5 Å². The maximum absolute atomic E-state index is 13.0. The van der Waals surface area contributed by atoms with Crippen LogP contribution in [0.25, 0.3) is 0 Å². The summed E-state index contributed by atoms with van der Waals surface area (Å²) >= 11 is 5.98. The molecule has 2 aromatic rings. The summed E-state index contributed by atoms with van der Waals surface area (Å²) in [4.78, 5) is 25.0. The third kappa shape index (κ3) is 4.22. The van der Waals surface area contributed by atoms with Gasteiger partial charge in [-0.2, -0.15) is 9.90 Å². The molecule has 3 N–H and O–H groups in total. The molecule has 1 heterocycles. The summed E-state index contributed by atoms with van der Waals surface area (Å²) < 4.78 is 15.0. The highest BCUT2D eigenvalue weighted by molar-refractivity contribution is 6.18. The number of alkyl halides is 1. The van der Waals surface area contributed by atoms with Gasteiger partial charge in [-0.3, -0.25) is 4.79 Å². The second kappa shape index (κ2) is 8.12. The smallest absolute Gasteiger partial charge is 0.493 e. The van der Waals surface area contributed by atoms with Gasteiger partial charge in [0.05, 0.1) is 19.8 Å². The molecular formula is C16H19ClN4O6. The number of nitrogen functional groups attached to an aromatic ring is 1. The quantitative estimate of drug-likeness (QED) is 0.311. The first-order valence-electron chi connectivity index (χ1n) is 7.76. The van der Waals surface area contributed by atoms with Crippen LogP contribution < -0.4 is 15.2 Å². The van der Waals surface area contributed by atoms with Crippen LogP contribution in [0.3, 0.4) is 0 Å². The number of ketones is 1. The van der Waals surface area contributed by atoms with Crippen molar-refractivity contribution in [2.24, 2.45) is 0 Å². The molecule has 2 atom stereocenters. The number of hydrogen-bond acceptors (Lipinski definition) is 8. The lowest BCUT2D eigenvalue weighted by Gasteiger charge is -2.12. The van der Waals surface area contributed by atoms with Gasteiger partial charge in [-0.05, 0) is 19.9 Å². The number of methoxy groups -OCH3 is 2. The van der Waals surface area contributed by atoms with E-state index in [9.17, 15) is 9.59 Å². The van der Waals surface area contributed by atoms with Crippen LogP contribution in [0.15, 0.2) is 12.1 Å². The number of halogens is 1. The van der Waals surface area contributed by atoms with Crippen molar-refractivity contribution in [1.29, 1.82) is 0 Å². The monoisotopic (exact) mass is 398 g/mol. The largest absolute Gasteiger partial charge is 0.506 e. The van der Waals surface area contributed by atoms with Crippen LogP contribution in [0.1, 0.15) is 47.2 Å². The van der Waals surface area contributed by atoms with E-state index in [0.717, 1.165) is 4.80 Å². The zero-order valence-corrected chi connectivity index (χ0v) is 15.9. The summed E-state index contributed by atoms with van der Waals surface area (Å²) in [5, 5.41) is 17.0. The minimum Gasteiger partial charge on any atom is -0.493 e. The number of hydrogen-bond donors (Lipinski definition) is 2. The van der Waals surface area contributed by atoms with Gasteiger partial charge in [0, 0.05) is 11.8 Å². The summed E-state index contributed by atoms with van der Waals surface area (Å²) in [6.45, 7) is 3.02. The number of rotatable bonds is 7.